The van der Waals surface area contributed by atoms with Crippen LogP contribution in [0.4, 0.5) is 5.69 Å². The summed E-state index contributed by atoms with van der Waals surface area (Å²) in [6, 6.07) is 13.9. The molecule has 2 N–H and O–H groups in total. The molecule has 0 saturated carbocycles. The maximum Gasteiger partial charge on any atom is 0.225 e. The number of carbonyl (C=O) groups excluding carboxylic acids is 1. The molecule has 3 rings (SSSR count). The van der Waals surface area contributed by atoms with Crippen LogP contribution in [-0.2, 0) is 4.79 Å². The van der Waals surface area contributed by atoms with Crippen molar-refractivity contribution in [3.05, 3.63) is 54.5 Å². The molecular weight excluding hydrogens is 326 g/mol. The lowest BCUT2D eigenvalue weighted by atomic mass is 10.1. The van der Waals surface area contributed by atoms with E-state index in [1.807, 2.05) is 42.5 Å². The summed E-state index contributed by atoms with van der Waals surface area (Å²) in [6.45, 7) is 5.05. The lowest BCUT2D eigenvalue weighted by Crippen LogP contribution is -2.41. The molecule has 5 nitrogen and oxygen atoms in total. The fraction of sp³-hybridized carbons (Fsp3) is 0.476. The van der Waals surface area contributed by atoms with Gasteiger partial charge in [-0.15, -0.1) is 0 Å². The van der Waals surface area contributed by atoms with Crippen molar-refractivity contribution in [1.82, 2.24) is 10.2 Å². The van der Waals surface area contributed by atoms with Gasteiger partial charge in [-0.2, -0.15) is 0 Å². The van der Waals surface area contributed by atoms with Crippen molar-refractivity contribution < 1.29 is 9.21 Å². The first-order valence-electron chi connectivity index (χ1n) is 9.58. The van der Waals surface area contributed by atoms with E-state index in [-0.39, 0.29) is 18.0 Å². The lowest BCUT2D eigenvalue weighted by molar-refractivity contribution is -0.116. The van der Waals surface area contributed by atoms with E-state index < -0.39 is 0 Å². The van der Waals surface area contributed by atoms with E-state index in [2.05, 4.69) is 22.5 Å². The molecule has 1 fully saturated rings. The topological polar surface area (TPSA) is 57.5 Å². The van der Waals surface area contributed by atoms with Gasteiger partial charge in [-0.3, -0.25) is 9.69 Å². The Morgan fingerprint density at radius 3 is 2.58 bits per heavy atom. The number of likely N-dealkylation sites (tertiary alicyclic amines) is 1. The molecule has 1 amide bonds. The van der Waals surface area contributed by atoms with Gasteiger partial charge in [-0.25, -0.2) is 0 Å². The van der Waals surface area contributed by atoms with Gasteiger partial charge in [0, 0.05) is 24.7 Å². The number of nitrogens with one attached hydrogen (secondary N) is 2. The minimum absolute atomic E-state index is 0.0312. The molecule has 0 bridgehead atoms. The fourth-order valence-corrected chi connectivity index (χ4v) is 3.52. The quantitative estimate of drug-likeness (QED) is 0.756. The Morgan fingerprint density at radius 1 is 1.12 bits per heavy atom. The molecule has 26 heavy (non-hydrogen) atoms. The zero-order valence-corrected chi connectivity index (χ0v) is 15.5. The molecule has 1 saturated heterocycles. The van der Waals surface area contributed by atoms with Crippen LogP contribution in [0, 0.1) is 0 Å². The van der Waals surface area contributed by atoms with E-state index in [0.29, 0.717) is 6.42 Å². The normalized spacial score (nSPS) is 17.6. The van der Waals surface area contributed by atoms with Crippen molar-refractivity contribution in [2.75, 3.05) is 25.0 Å². The fourth-order valence-electron chi connectivity index (χ4n) is 3.52. The van der Waals surface area contributed by atoms with E-state index in [1.54, 1.807) is 6.26 Å². The highest BCUT2D eigenvalue weighted by Gasteiger charge is 2.24. The number of rotatable bonds is 8. The Morgan fingerprint density at radius 2 is 1.88 bits per heavy atom. The molecule has 2 aromatic rings. The maximum absolute atomic E-state index is 12.2. The summed E-state index contributed by atoms with van der Waals surface area (Å²) in [4.78, 5) is 14.7. The Bertz CT molecular complexity index is 651. The second-order valence-electron chi connectivity index (χ2n) is 7.06. The highest BCUT2D eigenvalue weighted by atomic mass is 16.3. The van der Waals surface area contributed by atoms with Crippen LogP contribution in [0.25, 0.3) is 0 Å². The van der Waals surface area contributed by atoms with Gasteiger partial charge >= 0.3 is 0 Å². The van der Waals surface area contributed by atoms with Gasteiger partial charge in [-0.1, -0.05) is 24.6 Å². The number of hydrogen-bond donors (Lipinski definition) is 2. The SMILES string of the molecule is C[C@H](CC(=O)Nc1ccccc1)NC[C@H](c1ccco1)N1CCCCC1. The van der Waals surface area contributed by atoms with Gasteiger partial charge in [-0.05, 0) is 57.1 Å². The zero-order valence-electron chi connectivity index (χ0n) is 15.5. The Balaban J connectivity index is 1.50. The van der Waals surface area contributed by atoms with E-state index in [0.717, 1.165) is 31.1 Å². The second-order valence-corrected chi connectivity index (χ2v) is 7.06. The zero-order chi connectivity index (χ0) is 18.2. The third-order valence-corrected chi connectivity index (χ3v) is 4.91. The number of hydrogen-bond acceptors (Lipinski definition) is 4. The first-order chi connectivity index (χ1) is 12.7. The summed E-state index contributed by atoms with van der Waals surface area (Å²) in [6.07, 6.45) is 5.98. The summed E-state index contributed by atoms with van der Waals surface area (Å²) >= 11 is 0. The van der Waals surface area contributed by atoms with E-state index in [9.17, 15) is 4.79 Å². The van der Waals surface area contributed by atoms with E-state index in [4.69, 9.17) is 4.42 Å². The average Bonchev–Trinajstić information content (AvgIpc) is 3.18. The van der Waals surface area contributed by atoms with Crippen molar-refractivity contribution in [3.8, 4) is 0 Å². The molecule has 1 aromatic carbocycles. The Hall–Kier alpha value is -2.11. The summed E-state index contributed by atoms with van der Waals surface area (Å²) < 4.78 is 5.68. The predicted octanol–water partition coefficient (Wildman–Crippen LogP) is 3.81. The molecule has 1 aliphatic heterocycles. The maximum atomic E-state index is 12.2. The van der Waals surface area contributed by atoms with Gasteiger partial charge in [0.05, 0.1) is 12.3 Å². The Kier molecular flexibility index (Phi) is 6.86. The molecule has 0 unspecified atom stereocenters. The number of amides is 1. The highest BCUT2D eigenvalue weighted by molar-refractivity contribution is 5.90. The van der Waals surface area contributed by atoms with Gasteiger partial charge in [0.1, 0.15) is 5.76 Å². The summed E-state index contributed by atoms with van der Waals surface area (Å²) in [5, 5.41) is 6.47. The van der Waals surface area contributed by atoms with Crippen molar-refractivity contribution in [2.45, 2.75) is 44.7 Å². The molecule has 2 heterocycles. The lowest BCUT2D eigenvalue weighted by Gasteiger charge is -2.34. The standard InChI is InChI=1S/C21H29N3O2/c1-17(15-21(25)23-18-9-4-2-5-10-18)22-16-19(20-11-8-14-26-20)24-12-6-3-7-13-24/h2,4-5,8-11,14,17,19,22H,3,6-7,12-13,15-16H2,1H3,(H,23,25)/t17-,19-/m1/s1. The van der Waals surface area contributed by atoms with Crippen LogP contribution in [0.5, 0.6) is 0 Å². The second kappa shape index (κ2) is 9.55. The van der Waals surface area contributed by atoms with Gasteiger partial charge in [0.15, 0.2) is 0 Å². The molecule has 0 spiro atoms. The molecule has 0 aliphatic carbocycles. The number of nitrogens with zero attached hydrogens (tertiary/aromatic N) is 1. The van der Waals surface area contributed by atoms with Crippen molar-refractivity contribution in [2.24, 2.45) is 0 Å². The molecule has 1 aromatic heterocycles. The minimum atomic E-state index is 0.0312. The van der Waals surface area contributed by atoms with Crippen molar-refractivity contribution in [1.29, 1.82) is 0 Å². The Labute approximate surface area is 155 Å². The predicted molar refractivity (Wildman–Crippen MR) is 104 cm³/mol. The minimum Gasteiger partial charge on any atom is -0.468 e. The molecule has 2 atom stereocenters. The van der Waals surface area contributed by atoms with Gasteiger partial charge < -0.3 is 15.1 Å². The van der Waals surface area contributed by atoms with Crippen LogP contribution >= 0.6 is 0 Å². The smallest absolute Gasteiger partial charge is 0.225 e. The average molecular weight is 355 g/mol. The third kappa shape index (κ3) is 5.44. The number of anilines is 1. The monoisotopic (exact) mass is 355 g/mol. The van der Waals surface area contributed by atoms with E-state index in [1.165, 1.54) is 19.3 Å². The van der Waals surface area contributed by atoms with Crippen LogP contribution in [0.1, 0.15) is 44.4 Å². The number of piperidine rings is 1. The van der Waals surface area contributed by atoms with Crippen molar-refractivity contribution >= 4 is 11.6 Å². The van der Waals surface area contributed by atoms with E-state index >= 15 is 0 Å². The first-order valence-corrected chi connectivity index (χ1v) is 9.58. The highest BCUT2D eigenvalue weighted by Crippen LogP contribution is 2.24. The molecule has 5 heteroatoms. The number of furan rings is 1. The van der Waals surface area contributed by atoms with Gasteiger partial charge in [0.25, 0.3) is 0 Å². The first kappa shape index (κ1) is 18.7. The van der Waals surface area contributed by atoms with Crippen LogP contribution < -0.4 is 10.6 Å². The third-order valence-electron chi connectivity index (χ3n) is 4.91. The van der Waals surface area contributed by atoms with Crippen molar-refractivity contribution in [3.63, 3.8) is 0 Å². The molecule has 0 radical (unpaired) electrons. The number of carbonyl (C=O) groups is 1. The number of benzene rings is 1. The van der Waals surface area contributed by atoms with Gasteiger partial charge in [0.2, 0.25) is 5.91 Å². The molecular formula is C21H29N3O2. The molecule has 1 aliphatic rings. The van der Waals surface area contributed by atoms with Crippen LogP contribution in [0.3, 0.4) is 0 Å². The largest absolute Gasteiger partial charge is 0.468 e. The molecule has 140 valence electrons. The summed E-state index contributed by atoms with van der Waals surface area (Å²) in [7, 11) is 0. The van der Waals surface area contributed by atoms with Crippen LogP contribution in [-0.4, -0.2) is 36.5 Å². The van der Waals surface area contributed by atoms with Crippen LogP contribution in [0.2, 0.25) is 0 Å². The summed E-state index contributed by atoms with van der Waals surface area (Å²) in [5.74, 6) is 1.03. The van der Waals surface area contributed by atoms with Crippen LogP contribution in [0.15, 0.2) is 53.1 Å². The number of para-hydroxylation sites is 1. The summed E-state index contributed by atoms with van der Waals surface area (Å²) in [5.41, 5.74) is 0.839.